The lowest BCUT2D eigenvalue weighted by molar-refractivity contribution is -0.0112. The van der Waals surface area contributed by atoms with Crippen molar-refractivity contribution in [2.24, 2.45) is 5.92 Å². The van der Waals surface area contributed by atoms with E-state index < -0.39 is 5.60 Å². The molecule has 0 spiro atoms. The van der Waals surface area contributed by atoms with Crippen LogP contribution in [0.4, 0.5) is 0 Å². The Balaban J connectivity index is 2.43. The summed E-state index contributed by atoms with van der Waals surface area (Å²) in [5.74, 6) is 0.589. The SMILES string of the molecule is B[C@H]1CC(C)[C@@H](CC(C)(C)O)O1. The van der Waals surface area contributed by atoms with E-state index in [1.807, 2.05) is 13.8 Å². The Kier molecular flexibility index (Phi) is 2.84. The van der Waals surface area contributed by atoms with E-state index in [9.17, 15) is 5.11 Å². The number of hydrogen-bond donors (Lipinski definition) is 1. The molecule has 3 heteroatoms. The molecular weight excluding hydrogens is 151 g/mol. The van der Waals surface area contributed by atoms with Crippen molar-refractivity contribution in [1.82, 2.24) is 0 Å². The number of aliphatic hydroxyl groups is 1. The van der Waals surface area contributed by atoms with E-state index in [2.05, 4.69) is 14.8 Å². The van der Waals surface area contributed by atoms with E-state index in [0.717, 1.165) is 12.8 Å². The smallest absolute Gasteiger partial charge is 0.139 e. The average Bonchev–Trinajstić information content (AvgIpc) is 2.06. The molecule has 1 rings (SSSR count). The maximum atomic E-state index is 9.60. The Bertz CT molecular complexity index is 153. The molecular formula is C9H19BO2. The minimum Gasteiger partial charge on any atom is -0.390 e. The first kappa shape index (κ1) is 10.1. The van der Waals surface area contributed by atoms with Gasteiger partial charge in [-0.05, 0) is 26.2 Å². The quantitative estimate of drug-likeness (QED) is 0.612. The molecule has 0 amide bonds. The van der Waals surface area contributed by atoms with E-state index in [4.69, 9.17) is 4.74 Å². The fourth-order valence-electron chi connectivity index (χ4n) is 1.91. The number of hydrogen-bond acceptors (Lipinski definition) is 2. The largest absolute Gasteiger partial charge is 0.390 e. The molecule has 0 aromatic rings. The predicted octanol–water partition coefficient (Wildman–Crippen LogP) is 0.532. The van der Waals surface area contributed by atoms with Gasteiger partial charge in [0.05, 0.1) is 11.7 Å². The van der Waals surface area contributed by atoms with Gasteiger partial charge in [-0.3, -0.25) is 0 Å². The zero-order chi connectivity index (χ0) is 9.35. The maximum Gasteiger partial charge on any atom is 0.139 e. The molecule has 70 valence electrons. The van der Waals surface area contributed by atoms with Crippen LogP contribution in [-0.4, -0.2) is 30.7 Å². The van der Waals surface area contributed by atoms with Gasteiger partial charge >= 0.3 is 0 Å². The summed E-state index contributed by atoms with van der Waals surface area (Å²) in [6, 6.07) is 0.368. The van der Waals surface area contributed by atoms with Crippen LogP contribution in [-0.2, 0) is 4.74 Å². The lowest BCUT2D eigenvalue weighted by atomic mass is 9.89. The van der Waals surface area contributed by atoms with Crippen molar-refractivity contribution >= 4 is 7.85 Å². The molecule has 0 radical (unpaired) electrons. The molecule has 0 aromatic carbocycles. The molecule has 1 N–H and O–H groups in total. The second-order valence-electron chi connectivity index (χ2n) is 4.71. The Labute approximate surface area is 75.7 Å². The molecule has 1 saturated heterocycles. The van der Waals surface area contributed by atoms with Crippen molar-refractivity contribution in [3.63, 3.8) is 0 Å². The van der Waals surface area contributed by atoms with Crippen LogP contribution in [0.15, 0.2) is 0 Å². The van der Waals surface area contributed by atoms with E-state index >= 15 is 0 Å². The third-order valence-electron chi connectivity index (χ3n) is 2.45. The van der Waals surface area contributed by atoms with Crippen LogP contribution in [0.1, 0.15) is 33.6 Å². The van der Waals surface area contributed by atoms with Gasteiger partial charge in [0.15, 0.2) is 0 Å². The van der Waals surface area contributed by atoms with Gasteiger partial charge < -0.3 is 9.84 Å². The van der Waals surface area contributed by atoms with E-state index in [1.165, 1.54) is 0 Å². The lowest BCUT2D eigenvalue weighted by Crippen LogP contribution is -2.29. The van der Waals surface area contributed by atoms with Crippen molar-refractivity contribution in [2.45, 2.75) is 51.3 Å². The summed E-state index contributed by atoms with van der Waals surface area (Å²) in [4.78, 5) is 0. The zero-order valence-electron chi connectivity index (χ0n) is 8.50. The highest BCUT2D eigenvalue weighted by Crippen LogP contribution is 2.29. The van der Waals surface area contributed by atoms with Gasteiger partial charge in [0, 0.05) is 12.4 Å². The van der Waals surface area contributed by atoms with Gasteiger partial charge in [-0.25, -0.2) is 0 Å². The Morgan fingerprint density at radius 3 is 2.50 bits per heavy atom. The fraction of sp³-hybridized carbons (Fsp3) is 1.00. The van der Waals surface area contributed by atoms with Gasteiger partial charge in [0.25, 0.3) is 0 Å². The topological polar surface area (TPSA) is 29.5 Å². The van der Waals surface area contributed by atoms with Gasteiger partial charge in [0.2, 0.25) is 0 Å². The van der Waals surface area contributed by atoms with Crippen LogP contribution in [0.25, 0.3) is 0 Å². The molecule has 1 heterocycles. The molecule has 0 bridgehead atoms. The van der Waals surface area contributed by atoms with Crippen molar-refractivity contribution in [2.75, 3.05) is 0 Å². The summed E-state index contributed by atoms with van der Waals surface area (Å²) >= 11 is 0. The maximum absolute atomic E-state index is 9.60. The van der Waals surface area contributed by atoms with Gasteiger partial charge in [-0.2, -0.15) is 0 Å². The van der Waals surface area contributed by atoms with Crippen molar-refractivity contribution < 1.29 is 9.84 Å². The minimum atomic E-state index is -0.594. The van der Waals surface area contributed by atoms with Crippen LogP contribution in [0.5, 0.6) is 0 Å². The van der Waals surface area contributed by atoms with Crippen molar-refractivity contribution in [3.8, 4) is 0 Å². The minimum absolute atomic E-state index is 0.250. The normalized spacial score (nSPS) is 37.2. The van der Waals surface area contributed by atoms with Crippen LogP contribution in [0.2, 0.25) is 0 Å². The van der Waals surface area contributed by atoms with Crippen LogP contribution < -0.4 is 0 Å². The Hall–Kier alpha value is -0.0151. The van der Waals surface area contributed by atoms with E-state index in [1.54, 1.807) is 0 Å². The van der Waals surface area contributed by atoms with Gasteiger partial charge in [-0.1, -0.05) is 6.92 Å². The van der Waals surface area contributed by atoms with Crippen molar-refractivity contribution in [1.29, 1.82) is 0 Å². The molecule has 0 aliphatic carbocycles. The highest BCUT2D eigenvalue weighted by atomic mass is 16.5. The second kappa shape index (κ2) is 3.39. The number of rotatable bonds is 2. The van der Waals surface area contributed by atoms with Gasteiger partial charge in [-0.15, -0.1) is 0 Å². The Morgan fingerprint density at radius 2 is 2.17 bits per heavy atom. The zero-order valence-corrected chi connectivity index (χ0v) is 8.50. The fourth-order valence-corrected chi connectivity index (χ4v) is 1.91. The first-order valence-corrected chi connectivity index (χ1v) is 4.76. The average molecular weight is 170 g/mol. The summed E-state index contributed by atoms with van der Waals surface area (Å²) < 4.78 is 5.69. The summed E-state index contributed by atoms with van der Waals surface area (Å²) in [6.07, 6.45) is 2.12. The van der Waals surface area contributed by atoms with Crippen LogP contribution in [0.3, 0.4) is 0 Å². The molecule has 0 aromatic heterocycles. The first-order chi connectivity index (χ1) is 5.38. The molecule has 12 heavy (non-hydrogen) atoms. The highest BCUT2D eigenvalue weighted by molar-refractivity contribution is 6.11. The summed E-state index contributed by atoms with van der Waals surface area (Å²) in [5, 5.41) is 9.60. The Morgan fingerprint density at radius 1 is 1.58 bits per heavy atom. The molecule has 1 aliphatic rings. The highest BCUT2D eigenvalue weighted by Gasteiger charge is 2.32. The molecule has 3 atom stereocenters. The molecule has 1 aliphatic heterocycles. The standard InChI is InChI=1S/C9H19BO2/c1-6-4-8(10)12-7(6)5-9(2,3)11/h6-8,11H,4-5,10H2,1-3H3/t6?,7-,8-/m1/s1. The number of ether oxygens (including phenoxy) is 1. The first-order valence-electron chi connectivity index (χ1n) is 4.76. The summed E-state index contributed by atoms with van der Waals surface area (Å²) in [6.45, 7) is 5.87. The summed E-state index contributed by atoms with van der Waals surface area (Å²) in [5.41, 5.74) is -0.594. The predicted molar refractivity (Wildman–Crippen MR) is 51.9 cm³/mol. The summed E-state index contributed by atoms with van der Waals surface area (Å²) in [7, 11) is 2.10. The third kappa shape index (κ3) is 2.79. The monoisotopic (exact) mass is 170 g/mol. The van der Waals surface area contributed by atoms with Crippen LogP contribution in [0, 0.1) is 5.92 Å². The van der Waals surface area contributed by atoms with Crippen molar-refractivity contribution in [3.05, 3.63) is 0 Å². The van der Waals surface area contributed by atoms with E-state index in [0.29, 0.717) is 11.9 Å². The molecule has 0 saturated carbocycles. The van der Waals surface area contributed by atoms with Gasteiger partial charge in [0.1, 0.15) is 7.85 Å². The molecule has 1 fully saturated rings. The second-order valence-corrected chi connectivity index (χ2v) is 4.71. The molecule has 1 unspecified atom stereocenters. The third-order valence-corrected chi connectivity index (χ3v) is 2.45. The van der Waals surface area contributed by atoms with E-state index in [-0.39, 0.29) is 6.10 Å². The molecule has 2 nitrogen and oxygen atoms in total. The lowest BCUT2D eigenvalue weighted by Gasteiger charge is -2.24. The van der Waals surface area contributed by atoms with Crippen LogP contribution >= 0.6 is 0 Å².